The van der Waals surface area contributed by atoms with E-state index in [2.05, 4.69) is 15.3 Å². The summed E-state index contributed by atoms with van der Waals surface area (Å²) >= 11 is 1.19. The lowest BCUT2D eigenvalue weighted by Crippen LogP contribution is -2.39. The van der Waals surface area contributed by atoms with Crippen LogP contribution in [0.2, 0.25) is 0 Å². The molecule has 2 amide bonds. The van der Waals surface area contributed by atoms with Crippen molar-refractivity contribution >= 4 is 39.2 Å². The Balaban J connectivity index is 2.34. The van der Waals surface area contributed by atoms with E-state index in [1.165, 1.54) is 29.5 Å². The second-order valence-corrected chi connectivity index (χ2v) is 5.05. The Morgan fingerprint density at radius 2 is 2.10 bits per heavy atom. The van der Waals surface area contributed by atoms with E-state index in [0.29, 0.717) is 27.5 Å². The first kappa shape index (κ1) is 14.2. The molecule has 7 nitrogen and oxygen atoms in total. The summed E-state index contributed by atoms with van der Waals surface area (Å²) in [5, 5.41) is 2.49. The molecule has 0 aliphatic carbocycles. The zero-order chi connectivity index (χ0) is 14.7. The molecule has 20 heavy (non-hydrogen) atoms. The van der Waals surface area contributed by atoms with Crippen LogP contribution in [0.1, 0.15) is 16.6 Å². The van der Waals surface area contributed by atoms with E-state index < -0.39 is 0 Å². The lowest BCUT2D eigenvalue weighted by Gasteiger charge is -2.19. The first-order valence-electron chi connectivity index (χ1n) is 6.07. The predicted molar refractivity (Wildman–Crippen MR) is 77.5 cm³/mol. The summed E-state index contributed by atoms with van der Waals surface area (Å²) in [6.45, 7) is 2.22. The molecule has 0 saturated heterocycles. The molecule has 0 saturated carbocycles. The SMILES string of the molecule is CCN(CC(=O)NC)C(=O)c1sc2nccnc2c1N. The van der Waals surface area contributed by atoms with Crippen molar-refractivity contribution < 1.29 is 9.59 Å². The van der Waals surface area contributed by atoms with Crippen LogP contribution in [0.15, 0.2) is 12.4 Å². The second kappa shape index (κ2) is 5.83. The molecular formula is C12H15N5O2S. The van der Waals surface area contributed by atoms with Crippen LogP contribution in [0.3, 0.4) is 0 Å². The minimum Gasteiger partial charge on any atom is -0.396 e. The minimum atomic E-state index is -0.279. The third-order valence-electron chi connectivity index (χ3n) is 2.84. The highest BCUT2D eigenvalue weighted by Gasteiger charge is 2.23. The van der Waals surface area contributed by atoms with Crippen LogP contribution < -0.4 is 11.1 Å². The van der Waals surface area contributed by atoms with Crippen molar-refractivity contribution in [2.75, 3.05) is 25.9 Å². The van der Waals surface area contributed by atoms with Gasteiger partial charge >= 0.3 is 0 Å². The number of anilines is 1. The van der Waals surface area contributed by atoms with Crippen LogP contribution in [0, 0.1) is 0 Å². The highest BCUT2D eigenvalue weighted by molar-refractivity contribution is 7.21. The second-order valence-electron chi connectivity index (χ2n) is 4.05. The number of rotatable bonds is 4. The maximum absolute atomic E-state index is 12.4. The lowest BCUT2D eigenvalue weighted by atomic mass is 10.3. The highest BCUT2D eigenvalue weighted by Crippen LogP contribution is 2.31. The molecule has 106 valence electrons. The quantitative estimate of drug-likeness (QED) is 0.854. The maximum Gasteiger partial charge on any atom is 0.266 e. The van der Waals surface area contributed by atoms with Crippen LogP contribution in [-0.2, 0) is 4.79 Å². The van der Waals surface area contributed by atoms with Gasteiger partial charge in [0.15, 0.2) is 0 Å². The molecule has 2 aromatic rings. The van der Waals surface area contributed by atoms with Gasteiger partial charge in [0, 0.05) is 26.0 Å². The standard InChI is InChI=1S/C12H15N5O2S/c1-3-17(6-7(18)14-2)12(19)10-8(13)9-11(20-10)16-5-4-15-9/h4-5H,3,6,13H2,1-2H3,(H,14,18). The summed E-state index contributed by atoms with van der Waals surface area (Å²) in [4.78, 5) is 34.5. The van der Waals surface area contributed by atoms with Crippen molar-refractivity contribution in [1.82, 2.24) is 20.2 Å². The number of thiophene rings is 1. The summed E-state index contributed by atoms with van der Waals surface area (Å²) < 4.78 is 0. The van der Waals surface area contributed by atoms with E-state index in [4.69, 9.17) is 5.73 Å². The average Bonchev–Trinajstić information content (AvgIpc) is 2.81. The molecule has 2 aromatic heterocycles. The van der Waals surface area contributed by atoms with Gasteiger partial charge in [-0.1, -0.05) is 0 Å². The average molecular weight is 293 g/mol. The van der Waals surface area contributed by atoms with E-state index in [1.807, 2.05) is 0 Å². The van der Waals surface area contributed by atoms with E-state index in [1.54, 1.807) is 13.1 Å². The third-order valence-corrected chi connectivity index (χ3v) is 3.93. The summed E-state index contributed by atoms with van der Waals surface area (Å²) in [6.07, 6.45) is 3.08. The van der Waals surface area contributed by atoms with Gasteiger partial charge in [-0.25, -0.2) is 9.97 Å². The summed E-state index contributed by atoms with van der Waals surface area (Å²) in [5.74, 6) is -0.505. The van der Waals surface area contributed by atoms with Crippen LogP contribution >= 0.6 is 11.3 Å². The number of aromatic nitrogens is 2. The molecule has 0 spiro atoms. The molecule has 0 aliphatic rings. The fourth-order valence-corrected chi connectivity index (χ4v) is 2.72. The molecule has 3 N–H and O–H groups in total. The van der Waals surface area contributed by atoms with Gasteiger partial charge in [0.25, 0.3) is 5.91 Å². The van der Waals surface area contributed by atoms with Gasteiger partial charge in [0.2, 0.25) is 5.91 Å². The maximum atomic E-state index is 12.4. The Hall–Kier alpha value is -2.22. The number of hydrogen-bond donors (Lipinski definition) is 2. The number of nitrogens with one attached hydrogen (secondary N) is 1. The van der Waals surface area contributed by atoms with Gasteiger partial charge in [-0.05, 0) is 6.92 Å². The zero-order valence-corrected chi connectivity index (χ0v) is 12.0. The van der Waals surface area contributed by atoms with Crippen LogP contribution in [0.5, 0.6) is 0 Å². The van der Waals surface area contributed by atoms with Crippen molar-refractivity contribution in [3.63, 3.8) is 0 Å². The molecule has 0 bridgehead atoms. The Kier molecular flexibility index (Phi) is 4.14. The molecule has 0 fully saturated rings. The van der Waals surface area contributed by atoms with E-state index in [9.17, 15) is 9.59 Å². The first-order chi connectivity index (χ1) is 9.58. The van der Waals surface area contributed by atoms with E-state index in [0.717, 1.165) is 0 Å². The number of nitrogens with zero attached hydrogens (tertiary/aromatic N) is 3. The van der Waals surface area contributed by atoms with Gasteiger partial charge < -0.3 is 16.0 Å². The predicted octanol–water partition coefficient (Wildman–Crippen LogP) is 0.482. The van der Waals surface area contributed by atoms with Crippen molar-refractivity contribution in [2.24, 2.45) is 0 Å². The number of hydrogen-bond acceptors (Lipinski definition) is 6. The van der Waals surface area contributed by atoms with Crippen molar-refractivity contribution in [1.29, 1.82) is 0 Å². The van der Waals surface area contributed by atoms with Crippen molar-refractivity contribution in [3.8, 4) is 0 Å². The third kappa shape index (κ3) is 2.55. The van der Waals surface area contributed by atoms with Gasteiger partial charge in [-0.15, -0.1) is 11.3 Å². The number of amides is 2. The smallest absolute Gasteiger partial charge is 0.266 e. The molecule has 0 aliphatic heterocycles. The number of carbonyl (C=O) groups is 2. The Labute approximate surface area is 119 Å². The topological polar surface area (TPSA) is 101 Å². The van der Waals surface area contributed by atoms with Gasteiger partial charge in [-0.3, -0.25) is 9.59 Å². The van der Waals surface area contributed by atoms with Crippen LogP contribution in [0.25, 0.3) is 10.3 Å². The number of carbonyl (C=O) groups excluding carboxylic acids is 2. The molecule has 8 heteroatoms. The van der Waals surface area contributed by atoms with Crippen LogP contribution in [0.4, 0.5) is 5.69 Å². The molecular weight excluding hydrogens is 278 g/mol. The fourth-order valence-electron chi connectivity index (χ4n) is 1.73. The van der Waals surface area contributed by atoms with Crippen molar-refractivity contribution in [2.45, 2.75) is 6.92 Å². The summed E-state index contributed by atoms with van der Waals surface area (Å²) in [5.41, 5.74) is 6.80. The number of nitrogens with two attached hydrogens (primary N) is 1. The van der Waals surface area contributed by atoms with Crippen molar-refractivity contribution in [3.05, 3.63) is 17.3 Å². The molecule has 0 radical (unpaired) electrons. The van der Waals surface area contributed by atoms with Gasteiger partial charge in [-0.2, -0.15) is 0 Å². The Morgan fingerprint density at radius 1 is 1.40 bits per heavy atom. The Morgan fingerprint density at radius 3 is 2.70 bits per heavy atom. The van der Waals surface area contributed by atoms with E-state index >= 15 is 0 Å². The monoisotopic (exact) mass is 293 g/mol. The van der Waals surface area contributed by atoms with E-state index in [-0.39, 0.29) is 18.4 Å². The molecule has 0 unspecified atom stereocenters. The minimum absolute atomic E-state index is 0.000373. The molecule has 0 atom stereocenters. The van der Waals surface area contributed by atoms with Gasteiger partial charge in [0.1, 0.15) is 15.2 Å². The molecule has 0 aromatic carbocycles. The van der Waals surface area contributed by atoms with Crippen LogP contribution in [-0.4, -0.2) is 46.8 Å². The fraction of sp³-hybridized carbons (Fsp3) is 0.333. The largest absolute Gasteiger partial charge is 0.396 e. The first-order valence-corrected chi connectivity index (χ1v) is 6.89. The summed E-state index contributed by atoms with van der Waals surface area (Å²) in [7, 11) is 1.53. The lowest BCUT2D eigenvalue weighted by molar-refractivity contribution is -0.121. The highest BCUT2D eigenvalue weighted by atomic mass is 32.1. The number of nitrogen functional groups attached to an aromatic ring is 1. The molecule has 2 heterocycles. The Bertz CT molecular complexity index is 654. The number of fused-ring (bicyclic) bond motifs is 1. The number of likely N-dealkylation sites (N-methyl/N-ethyl adjacent to an activating group) is 2. The van der Waals surface area contributed by atoms with Gasteiger partial charge in [0.05, 0.1) is 12.2 Å². The summed E-state index contributed by atoms with van der Waals surface area (Å²) in [6, 6.07) is 0. The normalized spacial score (nSPS) is 10.5. The molecule has 2 rings (SSSR count). The zero-order valence-electron chi connectivity index (χ0n) is 11.2.